The number of hydrogen-bond acceptors (Lipinski definition) is 6. The van der Waals surface area contributed by atoms with Crippen LogP contribution in [0.2, 0.25) is 0 Å². The number of fused-ring (bicyclic) bond motifs is 1. The van der Waals surface area contributed by atoms with Gasteiger partial charge < -0.3 is 15.0 Å². The molecule has 0 saturated carbocycles. The third kappa shape index (κ3) is 4.02. The molecule has 0 fully saturated rings. The number of halogens is 1. The van der Waals surface area contributed by atoms with Gasteiger partial charge in [0.1, 0.15) is 11.6 Å². The van der Waals surface area contributed by atoms with E-state index in [1.165, 1.54) is 16.8 Å². The van der Waals surface area contributed by atoms with Crippen LogP contribution in [-0.4, -0.2) is 38.0 Å². The highest BCUT2D eigenvalue weighted by atomic mass is 19.1. The number of carbonyl (C=O) groups is 1. The summed E-state index contributed by atoms with van der Waals surface area (Å²) in [5, 5.41) is 10.5. The summed E-state index contributed by atoms with van der Waals surface area (Å²) >= 11 is 0. The van der Waals surface area contributed by atoms with E-state index in [0.29, 0.717) is 5.75 Å². The van der Waals surface area contributed by atoms with Gasteiger partial charge in [0.15, 0.2) is 11.2 Å². The lowest BCUT2D eigenvalue weighted by molar-refractivity contribution is 0.0940. The minimum atomic E-state index is -0.569. The van der Waals surface area contributed by atoms with Crippen LogP contribution in [0.4, 0.5) is 4.39 Å². The van der Waals surface area contributed by atoms with Gasteiger partial charge in [-0.3, -0.25) is 9.59 Å². The maximum atomic E-state index is 13.1. The van der Waals surface area contributed by atoms with E-state index in [2.05, 4.69) is 25.6 Å². The smallest absolute Gasteiger partial charge is 0.287 e. The summed E-state index contributed by atoms with van der Waals surface area (Å²) in [6.07, 6.45) is 0. The van der Waals surface area contributed by atoms with E-state index < -0.39 is 11.5 Å². The van der Waals surface area contributed by atoms with E-state index in [9.17, 15) is 14.0 Å². The van der Waals surface area contributed by atoms with Crippen molar-refractivity contribution < 1.29 is 13.9 Å². The fourth-order valence-corrected chi connectivity index (χ4v) is 2.85. The van der Waals surface area contributed by atoms with E-state index in [1.807, 2.05) is 12.1 Å². The Hall–Kier alpha value is -4.08. The Labute approximate surface area is 169 Å². The zero-order chi connectivity index (χ0) is 21.1. The number of nitrogens with zero attached hydrogens (tertiary/aromatic N) is 4. The lowest BCUT2D eigenvalue weighted by atomic mass is 10.2. The van der Waals surface area contributed by atoms with Gasteiger partial charge in [-0.05, 0) is 35.4 Å². The number of amides is 1. The minimum Gasteiger partial charge on any atom is -0.497 e. The van der Waals surface area contributed by atoms with Crippen LogP contribution in [0.1, 0.15) is 21.7 Å². The maximum absolute atomic E-state index is 13.1. The zero-order valence-electron chi connectivity index (χ0n) is 15.9. The molecular formula is C20H17FN6O3. The molecule has 0 aliphatic rings. The Bertz CT molecular complexity index is 1250. The molecule has 0 bridgehead atoms. The molecule has 1 amide bonds. The van der Waals surface area contributed by atoms with Crippen molar-refractivity contribution in [3.8, 4) is 5.75 Å². The van der Waals surface area contributed by atoms with Crippen molar-refractivity contribution in [3.05, 3.63) is 81.7 Å². The molecule has 30 heavy (non-hydrogen) atoms. The van der Waals surface area contributed by atoms with E-state index in [0.717, 1.165) is 11.1 Å². The molecule has 0 radical (unpaired) electrons. The molecule has 4 aromatic rings. The van der Waals surface area contributed by atoms with Crippen LogP contribution in [0.15, 0.2) is 53.3 Å². The fourth-order valence-electron chi connectivity index (χ4n) is 2.85. The monoisotopic (exact) mass is 408 g/mol. The topological polar surface area (TPSA) is 115 Å². The highest BCUT2D eigenvalue weighted by Gasteiger charge is 2.16. The Morgan fingerprint density at radius 2 is 1.83 bits per heavy atom. The first kappa shape index (κ1) is 19.2. The van der Waals surface area contributed by atoms with Gasteiger partial charge in [0, 0.05) is 6.54 Å². The predicted molar refractivity (Wildman–Crippen MR) is 106 cm³/mol. The van der Waals surface area contributed by atoms with Crippen LogP contribution in [-0.2, 0) is 13.1 Å². The molecule has 2 aromatic heterocycles. The van der Waals surface area contributed by atoms with E-state index in [1.54, 1.807) is 31.4 Å². The number of hydrogen-bond donors (Lipinski definition) is 2. The molecule has 2 N–H and O–H groups in total. The van der Waals surface area contributed by atoms with Crippen molar-refractivity contribution in [2.75, 3.05) is 7.11 Å². The van der Waals surface area contributed by atoms with E-state index >= 15 is 0 Å². The largest absolute Gasteiger partial charge is 0.497 e. The van der Waals surface area contributed by atoms with Crippen LogP contribution in [0, 0.1) is 5.82 Å². The van der Waals surface area contributed by atoms with Crippen LogP contribution in [0.3, 0.4) is 0 Å². The van der Waals surface area contributed by atoms with Gasteiger partial charge in [0.2, 0.25) is 5.82 Å². The van der Waals surface area contributed by atoms with Gasteiger partial charge in [-0.1, -0.05) is 29.5 Å². The number of aromatic nitrogens is 5. The molecule has 0 spiro atoms. The predicted octanol–water partition coefficient (Wildman–Crippen LogP) is 1.64. The number of aromatic amines is 1. The third-order valence-corrected chi connectivity index (χ3v) is 4.45. The second-order valence-electron chi connectivity index (χ2n) is 6.49. The Morgan fingerprint density at radius 1 is 1.13 bits per heavy atom. The fraction of sp³-hybridized carbons (Fsp3) is 0.150. The lowest BCUT2D eigenvalue weighted by Crippen LogP contribution is -2.27. The normalized spacial score (nSPS) is 10.9. The van der Waals surface area contributed by atoms with Crippen LogP contribution in [0.5, 0.6) is 5.75 Å². The zero-order valence-corrected chi connectivity index (χ0v) is 15.9. The summed E-state index contributed by atoms with van der Waals surface area (Å²) in [6, 6.07) is 13.1. The van der Waals surface area contributed by atoms with Gasteiger partial charge in [-0.2, -0.15) is 0 Å². The van der Waals surface area contributed by atoms with E-state index in [4.69, 9.17) is 4.74 Å². The molecule has 0 aliphatic carbocycles. The van der Waals surface area contributed by atoms with Gasteiger partial charge in [-0.15, -0.1) is 5.10 Å². The standard InChI is InChI=1S/C20H17FN6O3/c1-30-15-8-4-12(5-9-15)10-22-20(29)17-23-18-16(19(28)24-17)25-26-27(18)11-13-2-6-14(21)7-3-13/h2-9H,10-11H2,1H3,(H,22,29)(H,23,24,28). The number of H-pyrrole nitrogens is 1. The van der Waals surface area contributed by atoms with Gasteiger partial charge >= 0.3 is 0 Å². The van der Waals surface area contributed by atoms with Gasteiger partial charge in [-0.25, -0.2) is 14.1 Å². The Morgan fingerprint density at radius 3 is 2.53 bits per heavy atom. The average Bonchev–Trinajstić information content (AvgIpc) is 3.17. The molecule has 2 aromatic carbocycles. The molecule has 9 nitrogen and oxygen atoms in total. The van der Waals surface area contributed by atoms with Crippen molar-refractivity contribution >= 4 is 17.1 Å². The molecule has 0 aliphatic heterocycles. The molecule has 0 unspecified atom stereocenters. The Balaban J connectivity index is 1.55. The first-order valence-corrected chi connectivity index (χ1v) is 9.02. The summed E-state index contributed by atoms with van der Waals surface area (Å²) < 4.78 is 19.6. The molecule has 10 heteroatoms. The molecule has 2 heterocycles. The van der Waals surface area contributed by atoms with Crippen molar-refractivity contribution in [1.29, 1.82) is 0 Å². The van der Waals surface area contributed by atoms with Crippen LogP contribution < -0.4 is 15.6 Å². The summed E-state index contributed by atoms with van der Waals surface area (Å²) in [7, 11) is 1.57. The minimum absolute atomic E-state index is 0.0174. The summed E-state index contributed by atoms with van der Waals surface area (Å²) in [6.45, 7) is 0.470. The highest BCUT2D eigenvalue weighted by Crippen LogP contribution is 2.12. The van der Waals surface area contributed by atoms with Crippen molar-refractivity contribution in [2.24, 2.45) is 0 Å². The second-order valence-corrected chi connectivity index (χ2v) is 6.49. The maximum Gasteiger partial charge on any atom is 0.287 e. The summed E-state index contributed by atoms with van der Waals surface area (Å²) in [5.74, 6) is -0.334. The number of rotatable bonds is 6. The van der Waals surface area contributed by atoms with Crippen molar-refractivity contribution in [1.82, 2.24) is 30.3 Å². The second kappa shape index (κ2) is 8.11. The number of ether oxygens (including phenoxy) is 1. The lowest BCUT2D eigenvalue weighted by Gasteiger charge is -2.06. The molecule has 4 rings (SSSR count). The van der Waals surface area contributed by atoms with Crippen LogP contribution >= 0.6 is 0 Å². The number of carbonyl (C=O) groups excluding carboxylic acids is 1. The van der Waals surface area contributed by atoms with E-state index in [-0.39, 0.29) is 35.9 Å². The average molecular weight is 408 g/mol. The van der Waals surface area contributed by atoms with Gasteiger partial charge in [0.05, 0.1) is 13.7 Å². The quantitative estimate of drug-likeness (QED) is 0.501. The molecule has 0 atom stereocenters. The van der Waals surface area contributed by atoms with Gasteiger partial charge in [0.25, 0.3) is 11.5 Å². The number of nitrogens with one attached hydrogen (secondary N) is 2. The summed E-state index contributed by atoms with van der Waals surface area (Å²) in [4.78, 5) is 31.5. The highest BCUT2D eigenvalue weighted by molar-refractivity contribution is 5.91. The molecular weight excluding hydrogens is 391 g/mol. The molecule has 152 valence electrons. The summed E-state index contributed by atoms with van der Waals surface area (Å²) in [5.41, 5.74) is 1.22. The first-order chi connectivity index (χ1) is 14.5. The van der Waals surface area contributed by atoms with Crippen molar-refractivity contribution in [2.45, 2.75) is 13.1 Å². The SMILES string of the molecule is COc1ccc(CNC(=O)c2nc3c(nnn3Cc3ccc(F)cc3)c(=O)[nH]2)cc1. The molecule has 0 saturated heterocycles. The number of benzene rings is 2. The first-order valence-electron chi connectivity index (χ1n) is 9.02. The Kier molecular flexibility index (Phi) is 5.21. The van der Waals surface area contributed by atoms with Crippen molar-refractivity contribution in [3.63, 3.8) is 0 Å². The van der Waals surface area contributed by atoms with Crippen LogP contribution in [0.25, 0.3) is 11.2 Å². The number of methoxy groups -OCH3 is 1. The third-order valence-electron chi connectivity index (χ3n) is 4.45.